The quantitative estimate of drug-likeness (QED) is 0.575. The lowest BCUT2D eigenvalue weighted by molar-refractivity contribution is 0.0921. The fourth-order valence-electron chi connectivity index (χ4n) is 2.73. The molecule has 1 atom stereocenters. The van der Waals surface area contributed by atoms with Gasteiger partial charge in [0, 0.05) is 17.0 Å². The van der Waals surface area contributed by atoms with Gasteiger partial charge in [-0.15, -0.1) is 0 Å². The summed E-state index contributed by atoms with van der Waals surface area (Å²) in [4.78, 5) is 13.1. The predicted octanol–water partition coefficient (Wildman–Crippen LogP) is 3.92. The zero-order valence-electron chi connectivity index (χ0n) is 16.3. The highest BCUT2D eigenvalue weighted by Crippen LogP contribution is 2.20. The van der Waals surface area contributed by atoms with Crippen LogP contribution in [0, 0.1) is 0 Å². The Hall–Kier alpha value is -3.06. The minimum absolute atomic E-state index is 0.181. The van der Waals surface area contributed by atoms with E-state index in [1.54, 1.807) is 43.5 Å². The molecule has 152 valence electrons. The first-order chi connectivity index (χ1) is 14.1. The minimum Gasteiger partial charge on any atom is -0.497 e. The van der Waals surface area contributed by atoms with E-state index in [2.05, 4.69) is 5.32 Å². The summed E-state index contributed by atoms with van der Waals surface area (Å²) in [6, 6.07) is 17.8. The Morgan fingerprint density at radius 1 is 1.07 bits per heavy atom. The van der Waals surface area contributed by atoms with Gasteiger partial charge in [0.05, 0.1) is 30.3 Å². The summed E-state index contributed by atoms with van der Waals surface area (Å²) in [5.74, 6) is 1.96. The molecule has 2 aromatic carbocycles. The highest BCUT2D eigenvalue weighted by Gasteiger charge is 2.14. The van der Waals surface area contributed by atoms with Crippen LogP contribution in [0.1, 0.15) is 28.8 Å². The van der Waals surface area contributed by atoms with Crippen LogP contribution in [-0.4, -0.2) is 23.8 Å². The highest BCUT2D eigenvalue weighted by molar-refractivity contribution is 7.84. The molecular formula is C22H23NO5S. The molecule has 7 heteroatoms. The Kier molecular flexibility index (Phi) is 7.08. The summed E-state index contributed by atoms with van der Waals surface area (Å²) in [5, 5.41) is 2.82. The molecule has 3 aromatic rings. The molecule has 29 heavy (non-hydrogen) atoms. The van der Waals surface area contributed by atoms with Gasteiger partial charge < -0.3 is 19.2 Å². The number of furan rings is 1. The number of ether oxygens (including phenoxy) is 2. The van der Waals surface area contributed by atoms with Crippen molar-refractivity contribution in [1.82, 2.24) is 5.32 Å². The number of hydrogen-bond acceptors (Lipinski definition) is 5. The number of methoxy groups -OCH3 is 1. The Bertz CT molecular complexity index is 981. The molecule has 0 fully saturated rings. The average Bonchev–Trinajstić information content (AvgIpc) is 3.21. The van der Waals surface area contributed by atoms with Gasteiger partial charge in [-0.05, 0) is 49.4 Å². The van der Waals surface area contributed by atoms with Gasteiger partial charge in [0.1, 0.15) is 17.3 Å². The lowest BCUT2D eigenvalue weighted by Crippen LogP contribution is -2.22. The van der Waals surface area contributed by atoms with E-state index < -0.39 is 10.8 Å². The van der Waals surface area contributed by atoms with Crippen LogP contribution in [0.4, 0.5) is 0 Å². The molecule has 3 rings (SSSR count). The first kappa shape index (κ1) is 20.7. The molecule has 0 bridgehead atoms. The van der Waals surface area contributed by atoms with E-state index in [-0.39, 0.29) is 17.4 Å². The van der Waals surface area contributed by atoms with E-state index in [0.717, 1.165) is 11.3 Å². The van der Waals surface area contributed by atoms with Gasteiger partial charge in [0.25, 0.3) is 5.91 Å². The number of carbonyl (C=O) groups excluding carboxylic acids is 1. The topological polar surface area (TPSA) is 77.8 Å². The van der Waals surface area contributed by atoms with Crippen LogP contribution < -0.4 is 14.8 Å². The van der Waals surface area contributed by atoms with Crippen LogP contribution in [-0.2, 0) is 23.1 Å². The van der Waals surface area contributed by atoms with Crippen LogP contribution in [0.3, 0.4) is 0 Å². The maximum Gasteiger partial charge on any atom is 0.287 e. The maximum atomic E-state index is 12.5. The standard InChI is InChI=1S/C22H23NO5S/c1-3-27-20-7-5-4-6-16(20)14-23-22(24)21-13-10-18(28-21)15-29(25)19-11-8-17(26-2)9-12-19/h4-13H,3,14-15H2,1-2H3,(H,23,24)/t29-/m1/s1. The van der Waals surface area contributed by atoms with E-state index in [1.807, 2.05) is 31.2 Å². The van der Waals surface area contributed by atoms with Crippen molar-refractivity contribution in [2.75, 3.05) is 13.7 Å². The van der Waals surface area contributed by atoms with Crippen molar-refractivity contribution in [3.05, 3.63) is 77.7 Å². The number of benzene rings is 2. The van der Waals surface area contributed by atoms with Crippen LogP contribution in [0.5, 0.6) is 11.5 Å². The van der Waals surface area contributed by atoms with Gasteiger partial charge in [0.15, 0.2) is 5.76 Å². The summed E-state index contributed by atoms with van der Waals surface area (Å²) in [6.45, 7) is 2.79. The first-order valence-electron chi connectivity index (χ1n) is 9.20. The van der Waals surface area contributed by atoms with Crippen molar-refractivity contribution in [2.24, 2.45) is 0 Å². The smallest absolute Gasteiger partial charge is 0.287 e. The lowest BCUT2D eigenvalue weighted by Gasteiger charge is -2.10. The summed E-state index contributed by atoms with van der Waals surface area (Å²) in [5.41, 5.74) is 0.884. The predicted molar refractivity (Wildman–Crippen MR) is 111 cm³/mol. The third-order valence-electron chi connectivity index (χ3n) is 4.19. The van der Waals surface area contributed by atoms with E-state index in [0.29, 0.717) is 29.6 Å². The van der Waals surface area contributed by atoms with E-state index in [9.17, 15) is 9.00 Å². The van der Waals surface area contributed by atoms with Gasteiger partial charge >= 0.3 is 0 Å². The molecule has 1 heterocycles. The van der Waals surface area contributed by atoms with Gasteiger partial charge in [0.2, 0.25) is 0 Å². The fraction of sp³-hybridized carbons (Fsp3) is 0.227. The molecule has 0 aliphatic heterocycles. The second-order valence-corrected chi connectivity index (χ2v) is 7.61. The molecule has 1 N–H and O–H groups in total. The number of nitrogens with one attached hydrogen (secondary N) is 1. The highest BCUT2D eigenvalue weighted by atomic mass is 32.2. The second kappa shape index (κ2) is 9.93. The zero-order chi connectivity index (χ0) is 20.6. The fourth-order valence-corrected chi connectivity index (χ4v) is 3.75. The van der Waals surface area contributed by atoms with Crippen LogP contribution in [0.25, 0.3) is 0 Å². The average molecular weight is 413 g/mol. The molecule has 0 saturated heterocycles. The van der Waals surface area contributed by atoms with Crippen LogP contribution in [0.2, 0.25) is 0 Å². The summed E-state index contributed by atoms with van der Waals surface area (Å²) in [7, 11) is 0.299. The summed E-state index contributed by atoms with van der Waals surface area (Å²) < 4.78 is 28.8. The third kappa shape index (κ3) is 5.48. The van der Waals surface area contributed by atoms with Crippen molar-refractivity contribution >= 4 is 16.7 Å². The molecule has 0 unspecified atom stereocenters. The Morgan fingerprint density at radius 2 is 1.83 bits per heavy atom. The molecule has 1 aromatic heterocycles. The number of para-hydroxylation sites is 1. The van der Waals surface area contributed by atoms with Crippen molar-refractivity contribution in [2.45, 2.75) is 24.1 Å². The van der Waals surface area contributed by atoms with Crippen molar-refractivity contribution in [3.63, 3.8) is 0 Å². The van der Waals surface area contributed by atoms with E-state index >= 15 is 0 Å². The van der Waals surface area contributed by atoms with Crippen molar-refractivity contribution in [1.29, 1.82) is 0 Å². The third-order valence-corrected chi connectivity index (χ3v) is 5.54. The molecule has 1 amide bonds. The molecule has 0 aliphatic carbocycles. The second-order valence-electron chi connectivity index (χ2n) is 6.15. The summed E-state index contributed by atoms with van der Waals surface area (Å²) >= 11 is 0. The maximum absolute atomic E-state index is 12.5. The Morgan fingerprint density at radius 3 is 2.55 bits per heavy atom. The molecular weight excluding hydrogens is 390 g/mol. The SMILES string of the molecule is CCOc1ccccc1CNC(=O)c1ccc(C[S@@](=O)c2ccc(OC)cc2)o1. The zero-order valence-corrected chi connectivity index (χ0v) is 17.2. The molecule has 0 spiro atoms. The first-order valence-corrected chi connectivity index (χ1v) is 10.5. The number of amides is 1. The molecule has 0 radical (unpaired) electrons. The Labute approximate surface area is 172 Å². The summed E-state index contributed by atoms with van der Waals surface area (Å²) in [6.07, 6.45) is 0. The monoisotopic (exact) mass is 413 g/mol. The number of carbonyl (C=O) groups is 1. The van der Waals surface area contributed by atoms with Crippen LogP contribution >= 0.6 is 0 Å². The van der Waals surface area contributed by atoms with Gasteiger partial charge in [-0.2, -0.15) is 0 Å². The van der Waals surface area contributed by atoms with Gasteiger partial charge in [-0.3, -0.25) is 9.00 Å². The lowest BCUT2D eigenvalue weighted by atomic mass is 10.2. The Balaban J connectivity index is 1.59. The van der Waals surface area contributed by atoms with E-state index in [1.165, 1.54) is 0 Å². The molecule has 6 nitrogen and oxygen atoms in total. The number of hydrogen-bond donors (Lipinski definition) is 1. The molecule has 0 saturated carbocycles. The van der Waals surface area contributed by atoms with E-state index in [4.69, 9.17) is 13.9 Å². The van der Waals surface area contributed by atoms with Crippen molar-refractivity contribution in [3.8, 4) is 11.5 Å². The van der Waals surface area contributed by atoms with Crippen molar-refractivity contribution < 1.29 is 22.9 Å². The minimum atomic E-state index is -1.28. The normalized spacial score (nSPS) is 11.7. The number of rotatable bonds is 9. The largest absolute Gasteiger partial charge is 0.497 e. The van der Waals surface area contributed by atoms with Gasteiger partial charge in [-0.25, -0.2) is 0 Å². The van der Waals surface area contributed by atoms with Gasteiger partial charge in [-0.1, -0.05) is 18.2 Å². The van der Waals surface area contributed by atoms with Crippen LogP contribution in [0.15, 0.2) is 70.0 Å². The molecule has 0 aliphatic rings.